The van der Waals surface area contributed by atoms with E-state index >= 15 is 0 Å². The van der Waals surface area contributed by atoms with Crippen LogP contribution in [0.25, 0.3) is 0 Å². The van der Waals surface area contributed by atoms with Gasteiger partial charge in [0.05, 0.1) is 16.7 Å². The third kappa shape index (κ3) is 4.46. The molecule has 0 aromatic carbocycles. The first kappa shape index (κ1) is 17.3. The Labute approximate surface area is 138 Å². The molecule has 1 aliphatic rings. The Balaban J connectivity index is 2.02. The van der Waals surface area contributed by atoms with Crippen LogP contribution in [0.2, 0.25) is 5.02 Å². The SMILES string of the molecule is CC(O)CNC(=O)c1cnc(N2CCN(C(=O)O)CC2)c(Cl)c1. The smallest absolute Gasteiger partial charge is 0.407 e. The number of carbonyl (C=O) groups excluding carboxylic acids is 1. The third-order valence-electron chi connectivity index (χ3n) is 3.49. The van der Waals surface area contributed by atoms with Crippen LogP contribution in [0.5, 0.6) is 0 Å². The number of pyridine rings is 1. The molecule has 1 unspecified atom stereocenters. The number of rotatable bonds is 4. The fourth-order valence-electron chi connectivity index (χ4n) is 2.24. The molecule has 1 saturated heterocycles. The van der Waals surface area contributed by atoms with Crippen LogP contribution in [-0.4, -0.2) is 70.9 Å². The molecule has 1 aromatic rings. The lowest BCUT2D eigenvalue weighted by Gasteiger charge is -2.34. The van der Waals surface area contributed by atoms with E-state index in [2.05, 4.69) is 10.3 Å². The fraction of sp³-hybridized carbons (Fsp3) is 0.500. The largest absolute Gasteiger partial charge is 0.465 e. The summed E-state index contributed by atoms with van der Waals surface area (Å²) in [6.45, 7) is 3.47. The van der Waals surface area contributed by atoms with E-state index in [1.807, 2.05) is 4.90 Å². The van der Waals surface area contributed by atoms with Crippen LogP contribution in [0.4, 0.5) is 10.6 Å². The van der Waals surface area contributed by atoms with Crippen LogP contribution in [0.1, 0.15) is 17.3 Å². The van der Waals surface area contributed by atoms with Gasteiger partial charge in [-0.1, -0.05) is 11.6 Å². The lowest BCUT2D eigenvalue weighted by atomic mass is 10.2. The Morgan fingerprint density at radius 2 is 2.04 bits per heavy atom. The highest BCUT2D eigenvalue weighted by molar-refractivity contribution is 6.33. The molecule has 2 heterocycles. The molecule has 9 heteroatoms. The summed E-state index contributed by atoms with van der Waals surface area (Å²) in [5.41, 5.74) is 0.309. The van der Waals surface area contributed by atoms with Gasteiger partial charge in [0.1, 0.15) is 5.82 Å². The van der Waals surface area contributed by atoms with Crippen molar-refractivity contribution >= 4 is 29.4 Å². The monoisotopic (exact) mass is 342 g/mol. The summed E-state index contributed by atoms with van der Waals surface area (Å²) in [5, 5.41) is 21.0. The number of carboxylic acid groups (broad SMARTS) is 1. The first-order chi connectivity index (χ1) is 10.9. The van der Waals surface area contributed by atoms with E-state index < -0.39 is 12.2 Å². The summed E-state index contributed by atoms with van der Waals surface area (Å²) in [7, 11) is 0. The van der Waals surface area contributed by atoms with Gasteiger partial charge in [0.2, 0.25) is 0 Å². The number of hydrogen-bond acceptors (Lipinski definition) is 5. The average Bonchev–Trinajstić information content (AvgIpc) is 2.52. The zero-order valence-electron chi connectivity index (χ0n) is 12.7. The van der Waals surface area contributed by atoms with Crippen LogP contribution in [0, 0.1) is 0 Å². The zero-order valence-corrected chi connectivity index (χ0v) is 13.5. The van der Waals surface area contributed by atoms with Crippen LogP contribution in [0.3, 0.4) is 0 Å². The summed E-state index contributed by atoms with van der Waals surface area (Å²) in [5.74, 6) is 0.173. The van der Waals surface area contributed by atoms with Gasteiger partial charge < -0.3 is 25.3 Å². The Morgan fingerprint density at radius 1 is 1.39 bits per heavy atom. The summed E-state index contributed by atoms with van der Waals surface area (Å²) in [4.78, 5) is 30.2. The van der Waals surface area contributed by atoms with Crippen molar-refractivity contribution in [1.82, 2.24) is 15.2 Å². The second kappa shape index (κ2) is 7.47. The molecule has 1 aromatic heterocycles. The minimum atomic E-state index is -0.936. The van der Waals surface area contributed by atoms with Crippen molar-refractivity contribution in [3.05, 3.63) is 22.8 Å². The number of halogens is 1. The number of hydrogen-bond donors (Lipinski definition) is 3. The Bertz CT molecular complexity index is 588. The van der Waals surface area contributed by atoms with E-state index in [9.17, 15) is 9.59 Å². The van der Waals surface area contributed by atoms with Crippen molar-refractivity contribution in [2.45, 2.75) is 13.0 Å². The van der Waals surface area contributed by atoms with Gasteiger partial charge >= 0.3 is 6.09 Å². The van der Waals surface area contributed by atoms with Gasteiger partial charge in [-0.15, -0.1) is 0 Å². The molecular weight excluding hydrogens is 324 g/mol. The second-order valence-electron chi connectivity index (χ2n) is 5.35. The van der Waals surface area contributed by atoms with Gasteiger partial charge in [0.25, 0.3) is 5.91 Å². The first-order valence-corrected chi connectivity index (χ1v) is 7.61. The number of nitrogens with one attached hydrogen (secondary N) is 1. The Hall–Kier alpha value is -2.06. The lowest BCUT2D eigenvalue weighted by Crippen LogP contribution is -2.48. The second-order valence-corrected chi connectivity index (χ2v) is 5.75. The number of anilines is 1. The minimum absolute atomic E-state index is 0.148. The predicted octanol–water partition coefficient (Wildman–Crippen LogP) is 0.646. The van der Waals surface area contributed by atoms with Gasteiger partial charge in [-0.2, -0.15) is 0 Å². The number of amides is 2. The molecule has 1 fully saturated rings. The standard InChI is InChI=1S/C14H19ClN4O4/c1-9(20)7-17-13(21)10-6-11(15)12(16-8-10)18-2-4-19(5-3-18)14(22)23/h6,8-9,20H,2-5,7H2,1H3,(H,17,21)(H,22,23). The van der Waals surface area contributed by atoms with Crippen LogP contribution >= 0.6 is 11.6 Å². The van der Waals surface area contributed by atoms with Gasteiger partial charge in [0.15, 0.2) is 0 Å². The number of piperazine rings is 1. The van der Waals surface area contributed by atoms with Crippen LogP contribution < -0.4 is 10.2 Å². The molecule has 0 saturated carbocycles. The van der Waals surface area contributed by atoms with E-state index in [0.29, 0.717) is 42.6 Å². The summed E-state index contributed by atoms with van der Waals surface area (Å²) in [6, 6.07) is 1.52. The minimum Gasteiger partial charge on any atom is -0.465 e. The van der Waals surface area contributed by atoms with Crippen molar-refractivity contribution in [2.75, 3.05) is 37.6 Å². The molecule has 0 bridgehead atoms. The lowest BCUT2D eigenvalue weighted by molar-refractivity contribution is 0.0923. The molecule has 2 amide bonds. The van der Waals surface area contributed by atoms with Crippen molar-refractivity contribution < 1.29 is 19.8 Å². The number of nitrogens with zero attached hydrogens (tertiary/aromatic N) is 3. The van der Waals surface area contributed by atoms with Crippen LogP contribution in [0.15, 0.2) is 12.3 Å². The first-order valence-electron chi connectivity index (χ1n) is 7.23. The molecule has 1 aliphatic heterocycles. The van der Waals surface area contributed by atoms with E-state index in [0.717, 1.165) is 0 Å². The molecule has 2 rings (SSSR count). The highest BCUT2D eigenvalue weighted by Crippen LogP contribution is 2.25. The Kier molecular flexibility index (Phi) is 5.62. The summed E-state index contributed by atoms with van der Waals surface area (Å²) in [6.07, 6.45) is -0.150. The van der Waals surface area contributed by atoms with Crippen molar-refractivity contribution in [1.29, 1.82) is 0 Å². The molecule has 23 heavy (non-hydrogen) atoms. The fourth-order valence-corrected chi connectivity index (χ4v) is 2.53. The molecule has 1 atom stereocenters. The Morgan fingerprint density at radius 3 is 2.57 bits per heavy atom. The molecule has 8 nitrogen and oxygen atoms in total. The molecule has 126 valence electrons. The summed E-state index contributed by atoms with van der Waals surface area (Å²) >= 11 is 6.20. The van der Waals surface area contributed by atoms with Gasteiger partial charge in [-0.25, -0.2) is 9.78 Å². The van der Waals surface area contributed by atoms with Crippen molar-refractivity contribution in [2.24, 2.45) is 0 Å². The number of aliphatic hydroxyl groups excluding tert-OH is 1. The maximum absolute atomic E-state index is 11.9. The average molecular weight is 343 g/mol. The number of aromatic nitrogens is 1. The van der Waals surface area contributed by atoms with E-state index in [4.69, 9.17) is 21.8 Å². The molecule has 0 radical (unpaired) electrons. The van der Waals surface area contributed by atoms with Crippen molar-refractivity contribution in [3.63, 3.8) is 0 Å². The van der Waals surface area contributed by atoms with Gasteiger partial charge in [-0.05, 0) is 13.0 Å². The molecule has 0 spiro atoms. The normalized spacial score (nSPS) is 16.1. The highest BCUT2D eigenvalue weighted by atomic mass is 35.5. The third-order valence-corrected chi connectivity index (χ3v) is 3.77. The zero-order chi connectivity index (χ0) is 17.0. The maximum Gasteiger partial charge on any atom is 0.407 e. The van der Waals surface area contributed by atoms with E-state index in [-0.39, 0.29) is 12.5 Å². The topological polar surface area (TPSA) is 106 Å². The predicted molar refractivity (Wildman–Crippen MR) is 85.1 cm³/mol. The van der Waals surface area contributed by atoms with Gasteiger partial charge in [-0.3, -0.25) is 4.79 Å². The molecular formula is C14H19ClN4O4. The number of carbonyl (C=O) groups is 2. The summed E-state index contributed by atoms with van der Waals surface area (Å²) < 4.78 is 0. The molecule has 0 aliphatic carbocycles. The van der Waals surface area contributed by atoms with Crippen molar-refractivity contribution in [3.8, 4) is 0 Å². The van der Waals surface area contributed by atoms with E-state index in [1.54, 1.807) is 6.92 Å². The number of aliphatic hydroxyl groups is 1. The van der Waals surface area contributed by atoms with E-state index in [1.165, 1.54) is 17.2 Å². The van der Waals surface area contributed by atoms with Crippen LogP contribution in [-0.2, 0) is 0 Å². The molecule has 3 N–H and O–H groups in total. The van der Waals surface area contributed by atoms with Gasteiger partial charge in [0, 0.05) is 38.9 Å². The maximum atomic E-state index is 11.9. The quantitative estimate of drug-likeness (QED) is 0.741. The highest BCUT2D eigenvalue weighted by Gasteiger charge is 2.23.